The fraction of sp³-hybridized carbons (Fsp3) is 0.174. The molecule has 3 nitrogen and oxygen atoms in total. The van der Waals surface area contributed by atoms with Gasteiger partial charge in [-0.1, -0.05) is 53.6 Å². The average molecular weight is 380 g/mol. The highest BCUT2D eigenvalue weighted by molar-refractivity contribution is 6.30. The van der Waals surface area contributed by atoms with Gasteiger partial charge in [0.2, 0.25) is 0 Å². The smallest absolute Gasteiger partial charge is 0.259 e. The number of halogens is 1. The van der Waals surface area contributed by atoms with Crippen LogP contribution in [0.25, 0.3) is 0 Å². The van der Waals surface area contributed by atoms with Gasteiger partial charge in [0, 0.05) is 10.7 Å². The van der Waals surface area contributed by atoms with E-state index in [1.165, 1.54) is 5.56 Å². The largest absolute Gasteiger partial charge is 0.488 e. The molecular formula is C23H22ClNO2. The van der Waals surface area contributed by atoms with Crippen molar-refractivity contribution in [3.63, 3.8) is 0 Å². The fourth-order valence-corrected chi connectivity index (χ4v) is 3.21. The highest BCUT2D eigenvalue weighted by Gasteiger charge is 2.15. The van der Waals surface area contributed by atoms with Gasteiger partial charge >= 0.3 is 0 Å². The van der Waals surface area contributed by atoms with Gasteiger partial charge in [-0.3, -0.25) is 4.79 Å². The number of carbonyl (C=O) groups is 1. The van der Waals surface area contributed by atoms with E-state index in [1.54, 1.807) is 12.1 Å². The lowest BCUT2D eigenvalue weighted by Crippen LogP contribution is -2.15. The predicted molar refractivity (Wildman–Crippen MR) is 111 cm³/mol. The minimum Gasteiger partial charge on any atom is -0.488 e. The van der Waals surface area contributed by atoms with Crippen molar-refractivity contribution in [2.24, 2.45) is 0 Å². The number of aryl methyl sites for hydroxylation is 3. The first kappa shape index (κ1) is 19.0. The third-order valence-corrected chi connectivity index (χ3v) is 4.61. The van der Waals surface area contributed by atoms with E-state index in [0.717, 1.165) is 22.4 Å². The topological polar surface area (TPSA) is 38.3 Å². The molecule has 0 saturated carbocycles. The van der Waals surface area contributed by atoms with Crippen molar-refractivity contribution in [2.45, 2.75) is 27.4 Å². The molecule has 3 aromatic rings. The molecule has 4 heteroatoms. The first-order valence-corrected chi connectivity index (χ1v) is 9.17. The minimum absolute atomic E-state index is 0.184. The van der Waals surface area contributed by atoms with Crippen LogP contribution in [0.15, 0.2) is 60.7 Å². The maximum atomic E-state index is 12.9. The molecular weight excluding hydrogens is 358 g/mol. The predicted octanol–water partition coefficient (Wildman–Crippen LogP) is 6.10. The second-order valence-corrected chi connectivity index (χ2v) is 7.08. The molecule has 1 amide bonds. The van der Waals surface area contributed by atoms with Crippen molar-refractivity contribution in [3.8, 4) is 5.75 Å². The van der Waals surface area contributed by atoms with E-state index in [-0.39, 0.29) is 5.91 Å². The Morgan fingerprint density at radius 3 is 2.26 bits per heavy atom. The summed E-state index contributed by atoms with van der Waals surface area (Å²) < 4.78 is 5.90. The lowest BCUT2D eigenvalue weighted by molar-refractivity contribution is 0.102. The molecule has 0 aromatic heterocycles. The van der Waals surface area contributed by atoms with E-state index in [0.29, 0.717) is 22.9 Å². The Balaban J connectivity index is 1.79. The third kappa shape index (κ3) is 4.69. The molecule has 0 bridgehead atoms. The van der Waals surface area contributed by atoms with Crippen molar-refractivity contribution >= 4 is 23.2 Å². The molecule has 0 spiro atoms. The maximum Gasteiger partial charge on any atom is 0.259 e. The Hall–Kier alpha value is -2.78. The summed E-state index contributed by atoms with van der Waals surface area (Å²) in [6.45, 7) is 6.41. The quantitative estimate of drug-likeness (QED) is 0.581. The molecule has 3 aromatic carbocycles. The zero-order chi connectivity index (χ0) is 19.4. The number of para-hydroxylation sites is 1. The number of rotatable bonds is 5. The number of hydrogen-bond donors (Lipinski definition) is 1. The van der Waals surface area contributed by atoms with Crippen LogP contribution in [0.3, 0.4) is 0 Å². The summed E-state index contributed by atoms with van der Waals surface area (Å²) in [5, 5.41) is 3.71. The van der Waals surface area contributed by atoms with Crippen LogP contribution < -0.4 is 10.1 Å². The summed E-state index contributed by atoms with van der Waals surface area (Å²) >= 11 is 5.91. The SMILES string of the molecule is Cc1cc(C)c(NC(=O)c2ccccc2OCc2ccc(Cl)cc2)c(C)c1. The first-order valence-electron chi connectivity index (χ1n) is 8.79. The Labute approximate surface area is 164 Å². The van der Waals surface area contributed by atoms with E-state index >= 15 is 0 Å². The molecule has 3 rings (SSSR count). The van der Waals surface area contributed by atoms with E-state index in [2.05, 4.69) is 17.4 Å². The molecule has 0 atom stereocenters. The lowest BCUT2D eigenvalue weighted by Gasteiger charge is -2.15. The van der Waals surface area contributed by atoms with Crippen LogP contribution in [0.1, 0.15) is 32.6 Å². The highest BCUT2D eigenvalue weighted by Crippen LogP contribution is 2.25. The second kappa shape index (κ2) is 8.28. The third-order valence-electron chi connectivity index (χ3n) is 4.35. The molecule has 0 aliphatic rings. The van der Waals surface area contributed by atoms with Gasteiger partial charge in [-0.05, 0) is 61.7 Å². The number of hydrogen-bond acceptors (Lipinski definition) is 2. The molecule has 0 saturated heterocycles. The van der Waals surface area contributed by atoms with Gasteiger partial charge in [-0.25, -0.2) is 0 Å². The first-order chi connectivity index (χ1) is 12.9. The van der Waals surface area contributed by atoms with E-state index in [1.807, 2.05) is 57.2 Å². The van der Waals surface area contributed by atoms with Crippen LogP contribution >= 0.6 is 11.6 Å². The van der Waals surface area contributed by atoms with Gasteiger partial charge in [0.1, 0.15) is 12.4 Å². The number of amides is 1. The number of carbonyl (C=O) groups excluding carboxylic acids is 1. The summed E-state index contributed by atoms with van der Waals surface area (Å²) in [7, 11) is 0. The molecule has 138 valence electrons. The Morgan fingerprint density at radius 2 is 1.59 bits per heavy atom. The van der Waals surface area contributed by atoms with Crippen LogP contribution in [0.4, 0.5) is 5.69 Å². The molecule has 0 aliphatic heterocycles. The molecule has 27 heavy (non-hydrogen) atoms. The molecule has 0 fully saturated rings. The maximum absolute atomic E-state index is 12.9. The zero-order valence-electron chi connectivity index (χ0n) is 15.7. The van der Waals surface area contributed by atoms with Crippen molar-refractivity contribution in [1.29, 1.82) is 0 Å². The number of nitrogens with one attached hydrogen (secondary N) is 1. The number of ether oxygens (including phenoxy) is 1. The van der Waals surface area contributed by atoms with Crippen LogP contribution in [0.2, 0.25) is 5.02 Å². The summed E-state index contributed by atoms with van der Waals surface area (Å²) in [4.78, 5) is 12.9. The summed E-state index contributed by atoms with van der Waals surface area (Å²) in [5.74, 6) is 0.365. The van der Waals surface area contributed by atoms with Crippen molar-refractivity contribution in [3.05, 3.63) is 93.5 Å². The van der Waals surface area contributed by atoms with Crippen LogP contribution in [0.5, 0.6) is 5.75 Å². The van der Waals surface area contributed by atoms with Gasteiger partial charge < -0.3 is 10.1 Å². The van der Waals surface area contributed by atoms with Gasteiger partial charge in [-0.15, -0.1) is 0 Å². The fourth-order valence-electron chi connectivity index (χ4n) is 3.08. The summed E-state index contributed by atoms with van der Waals surface area (Å²) in [5.41, 5.74) is 5.60. The monoisotopic (exact) mass is 379 g/mol. The summed E-state index contributed by atoms with van der Waals surface area (Å²) in [6, 6.07) is 18.8. The zero-order valence-corrected chi connectivity index (χ0v) is 16.4. The average Bonchev–Trinajstić information content (AvgIpc) is 2.64. The van der Waals surface area contributed by atoms with E-state index in [4.69, 9.17) is 16.3 Å². The standard InChI is InChI=1S/C23H22ClNO2/c1-15-12-16(2)22(17(3)13-15)25-23(26)20-6-4-5-7-21(20)27-14-18-8-10-19(24)11-9-18/h4-13H,14H2,1-3H3,(H,25,26). The van der Waals surface area contributed by atoms with Gasteiger partial charge in [0.25, 0.3) is 5.91 Å². The molecule has 0 radical (unpaired) electrons. The van der Waals surface area contributed by atoms with Crippen LogP contribution in [0, 0.1) is 20.8 Å². The molecule has 0 heterocycles. The van der Waals surface area contributed by atoms with Crippen molar-refractivity contribution in [1.82, 2.24) is 0 Å². The minimum atomic E-state index is -0.184. The Kier molecular flexibility index (Phi) is 5.82. The summed E-state index contributed by atoms with van der Waals surface area (Å²) in [6.07, 6.45) is 0. The molecule has 0 aliphatic carbocycles. The Morgan fingerprint density at radius 1 is 0.963 bits per heavy atom. The number of anilines is 1. The number of benzene rings is 3. The van der Waals surface area contributed by atoms with Crippen LogP contribution in [-0.2, 0) is 6.61 Å². The molecule has 0 unspecified atom stereocenters. The Bertz CT molecular complexity index is 941. The van der Waals surface area contributed by atoms with Gasteiger partial charge in [0.15, 0.2) is 0 Å². The molecule has 1 N–H and O–H groups in total. The van der Waals surface area contributed by atoms with Crippen molar-refractivity contribution in [2.75, 3.05) is 5.32 Å². The normalized spacial score (nSPS) is 10.5. The van der Waals surface area contributed by atoms with E-state index in [9.17, 15) is 4.79 Å². The van der Waals surface area contributed by atoms with Gasteiger partial charge in [0.05, 0.1) is 5.56 Å². The van der Waals surface area contributed by atoms with E-state index < -0.39 is 0 Å². The second-order valence-electron chi connectivity index (χ2n) is 6.64. The van der Waals surface area contributed by atoms with Gasteiger partial charge in [-0.2, -0.15) is 0 Å². The highest BCUT2D eigenvalue weighted by atomic mass is 35.5. The van der Waals surface area contributed by atoms with Crippen LogP contribution in [-0.4, -0.2) is 5.91 Å². The lowest BCUT2D eigenvalue weighted by atomic mass is 10.0. The van der Waals surface area contributed by atoms with Crippen molar-refractivity contribution < 1.29 is 9.53 Å².